The Bertz CT molecular complexity index is 606. The first kappa shape index (κ1) is 15.4. The van der Waals surface area contributed by atoms with Gasteiger partial charge < -0.3 is 10.2 Å². The minimum absolute atomic E-state index is 0.0607. The molecular weight excluding hydrogens is 267 g/mol. The Balaban J connectivity index is 2.15. The van der Waals surface area contributed by atoms with Crippen LogP contribution in [0.1, 0.15) is 32.5 Å². The average molecular weight is 290 g/mol. The summed E-state index contributed by atoms with van der Waals surface area (Å²) in [5.74, 6) is -0.214. The number of aromatic nitrogens is 2. The van der Waals surface area contributed by atoms with Crippen molar-refractivity contribution in [1.29, 1.82) is 0 Å². The fourth-order valence-electron chi connectivity index (χ4n) is 2.29. The molecule has 0 aliphatic rings. The van der Waals surface area contributed by atoms with Crippen molar-refractivity contribution >= 4 is 11.4 Å². The number of rotatable bonds is 5. The van der Waals surface area contributed by atoms with Crippen LogP contribution in [-0.4, -0.2) is 22.9 Å². The van der Waals surface area contributed by atoms with Crippen LogP contribution in [0.3, 0.4) is 0 Å². The molecule has 0 amide bonds. The number of nitrogens with one attached hydrogen (secondary N) is 1. The molecule has 1 heterocycles. The molecular formula is C16H23FN4. The van der Waals surface area contributed by atoms with E-state index in [1.165, 1.54) is 0 Å². The van der Waals surface area contributed by atoms with Crippen LogP contribution >= 0.6 is 0 Å². The zero-order chi connectivity index (χ0) is 15.6. The number of benzene rings is 1. The summed E-state index contributed by atoms with van der Waals surface area (Å²) in [5, 5.41) is 7.45. The molecule has 0 radical (unpaired) electrons. The molecule has 2 rings (SSSR count). The number of halogens is 1. The van der Waals surface area contributed by atoms with Crippen LogP contribution in [0.25, 0.3) is 0 Å². The minimum atomic E-state index is -0.214. The fraction of sp³-hybridized carbons (Fsp3) is 0.438. The van der Waals surface area contributed by atoms with Crippen molar-refractivity contribution < 1.29 is 4.39 Å². The molecule has 5 heteroatoms. The lowest BCUT2D eigenvalue weighted by Gasteiger charge is -2.25. The number of hydrogen-bond acceptors (Lipinski definition) is 3. The first-order valence-corrected chi connectivity index (χ1v) is 7.17. The van der Waals surface area contributed by atoms with E-state index in [4.69, 9.17) is 0 Å². The Hall–Kier alpha value is -2.04. The highest BCUT2D eigenvalue weighted by Gasteiger charge is 2.13. The van der Waals surface area contributed by atoms with Crippen molar-refractivity contribution in [2.75, 3.05) is 17.3 Å². The van der Waals surface area contributed by atoms with E-state index in [0.717, 1.165) is 11.4 Å². The van der Waals surface area contributed by atoms with Gasteiger partial charge in [0.15, 0.2) is 0 Å². The van der Waals surface area contributed by atoms with E-state index in [2.05, 4.69) is 10.4 Å². The van der Waals surface area contributed by atoms with Crippen LogP contribution in [0.5, 0.6) is 0 Å². The van der Waals surface area contributed by atoms with Crippen molar-refractivity contribution in [2.45, 2.75) is 32.9 Å². The van der Waals surface area contributed by atoms with Gasteiger partial charge in [-0.05, 0) is 45.0 Å². The maximum absolute atomic E-state index is 14.2. The Morgan fingerprint density at radius 1 is 1.24 bits per heavy atom. The highest BCUT2D eigenvalue weighted by Crippen LogP contribution is 2.25. The lowest BCUT2D eigenvalue weighted by atomic mass is 10.2. The van der Waals surface area contributed by atoms with Gasteiger partial charge >= 0.3 is 0 Å². The first-order valence-electron chi connectivity index (χ1n) is 7.17. The summed E-state index contributed by atoms with van der Waals surface area (Å²) in [4.78, 5) is 1.92. The van der Waals surface area contributed by atoms with Crippen molar-refractivity contribution in [3.63, 3.8) is 0 Å². The molecule has 1 aromatic heterocycles. The van der Waals surface area contributed by atoms with Gasteiger partial charge in [-0.2, -0.15) is 5.10 Å². The Morgan fingerprint density at radius 3 is 2.48 bits per heavy atom. The van der Waals surface area contributed by atoms with Crippen LogP contribution in [0.4, 0.5) is 15.8 Å². The lowest BCUT2D eigenvalue weighted by molar-refractivity contribution is 0.613. The molecule has 1 atom stereocenters. The summed E-state index contributed by atoms with van der Waals surface area (Å²) in [6.07, 6.45) is 1.76. The summed E-state index contributed by atoms with van der Waals surface area (Å²) in [7, 11) is 3.79. The number of hydrogen-bond donors (Lipinski definition) is 1. The van der Waals surface area contributed by atoms with E-state index in [-0.39, 0.29) is 17.9 Å². The van der Waals surface area contributed by atoms with Crippen molar-refractivity contribution in [2.24, 2.45) is 7.05 Å². The molecule has 0 aliphatic heterocycles. The van der Waals surface area contributed by atoms with Gasteiger partial charge in [-0.15, -0.1) is 0 Å². The molecule has 114 valence electrons. The Labute approximate surface area is 125 Å². The average Bonchev–Trinajstić information content (AvgIpc) is 2.84. The lowest BCUT2D eigenvalue weighted by Crippen LogP contribution is -2.26. The quantitative estimate of drug-likeness (QED) is 0.913. The number of anilines is 2. The van der Waals surface area contributed by atoms with Gasteiger partial charge in [-0.3, -0.25) is 4.68 Å². The van der Waals surface area contributed by atoms with Crippen LogP contribution < -0.4 is 10.2 Å². The minimum Gasteiger partial charge on any atom is -0.377 e. The van der Waals surface area contributed by atoms with Gasteiger partial charge in [0.2, 0.25) is 0 Å². The maximum Gasteiger partial charge on any atom is 0.148 e. The Morgan fingerprint density at radius 2 is 1.95 bits per heavy atom. The molecule has 2 aromatic rings. The Kier molecular flexibility index (Phi) is 4.50. The van der Waals surface area contributed by atoms with Crippen LogP contribution in [0, 0.1) is 5.82 Å². The second-order valence-electron chi connectivity index (χ2n) is 5.62. The molecule has 0 saturated carbocycles. The normalized spacial score (nSPS) is 12.5. The molecule has 0 spiro atoms. The third-order valence-electron chi connectivity index (χ3n) is 3.79. The molecule has 4 nitrogen and oxygen atoms in total. The van der Waals surface area contributed by atoms with Gasteiger partial charge in [-0.25, -0.2) is 4.39 Å². The van der Waals surface area contributed by atoms with Gasteiger partial charge in [0.05, 0.1) is 17.4 Å². The molecule has 1 N–H and O–H groups in total. The summed E-state index contributed by atoms with van der Waals surface area (Å²) < 4.78 is 16.0. The van der Waals surface area contributed by atoms with Crippen molar-refractivity contribution in [1.82, 2.24) is 9.78 Å². The summed E-state index contributed by atoms with van der Waals surface area (Å²) in [6, 6.07) is 7.53. The fourth-order valence-corrected chi connectivity index (χ4v) is 2.29. The monoisotopic (exact) mass is 290 g/mol. The van der Waals surface area contributed by atoms with Gasteiger partial charge in [0, 0.05) is 32.0 Å². The van der Waals surface area contributed by atoms with Gasteiger partial charge in [0.25, 0.3) is 0 Å². The van der Waals surface area contributed by atoms with Crippen molar-refractivity contribution in [3.8, 4) is 0 Å². The molecule has 1 unspecified atom stereocenters. The third-order valence-corrected chi connectivity index (χ3v) is 3.79. The molecule has 0 fully saturated rings. The highest BCUT2D eigenvalue weighted by molar-refractivity contribution is 5.56. The second-order valence-corrected chi connectivity index (χ2v) is 5.62. The summed E-state index contributed by atoms with van der Waals surface area (Å²) in [5.41, 5.74) is 2.43. The highest BCUT2D eigenvalue weighted by atomic mass is 19.1. The SMILES string of the molecule is CC(Nc1ccc(N(C)C(C)C)c(F)c1)c1ccnn1C. The topological polar surface area (TPSA) is 33.1 Å². The third kappa shape index (κ3) is 3.35. The van der Waals surface area contributed by atoms with E-state index >= 15 is 0 Å². The smallest absolute Gasteiger partial charge is 0.148 e. The van der Waals surface area contributed by atoms with E-state index in [0.29, 0.717) is 5.69 Å². The van der Waals surface area contributed by atoms with E-state index in [1.807, 2.05) is 62.6 Å². The summed E-state index contributed by atoms with van der Waals surface area (Å²) >= 11 is 0. The van der Waals surface area contributed by atoms with Crippen LogP contribution in [0.15, 0.2) is 30.5 Å². The van der Waals surface area contributed by atoms with Crippen molar-refractivity contribution in [3.05, 3.63) is 42.0 Å². The number of nitrogens with zero attached hydrogens (tertiary/aromatic N) is 3. The zero-order valence-electron chi connectivity index (χ0n) is 13.3. The molecule has 0 aliphatic carbocycles. The van der Waals surface area contributed by atoms with E-state index in [9.17, 15) is 4.39 Å². The van der Waals surface area contributed by atoms with Crippen LogP contribution in [-0.2, 0) is 7.05 Å². The van der Waals surface area contributed by atoms with E-state index < -0.39 is 0 Å². The summed E-state index contributed by atoms with van der Waals surface area (Å²) in [6.45, 7) is 6.11. The largest absolute Gasteiger partial charge is 0.377 e. The predicted molar refractivity (Wildman–Crippen MR) is 85.2 cm³/mol. The van der Waals surface area contributed by atoms with Gasteiger partial charge in [-0.1, -0.05) is 0 Å². The molecule has 21 heavy (non-hydrogen) atoms. The first-order chi connectivity index (χ1) is 9.90. The molecule has 0 bridgehead atoms. The number of aryl methyl sites for hydroxylation is 1. The maximum atomic E-state index is 14.2. The predicted octanol–water partition coefficient (Wildman–Crippen LogP) is 3.58. The van der Waals surface area contributed by atoms with E-state index in [1.54, 1.807) is 12.3 Å². The standard InChI is InChI=1S/C16H23FN4/c1-11(2)20(4)16-7-6-13(10-14(16)17)19-12(3)15-8-9-18-21(15)5/h6-12,19H,1-5H3. The zero-order valence-corrected chi connectivity index (χ0v) is 13.3. The molecule has 0 saturated heterocycles. The molecule has 1 aromatic carbocycles. The second kappa shape index (κ2) is 6.16. The van der Waals surface area contributed by atoms with Crippen LogP contribution in [0.2, 0.25) is 0 Å². The van der Waals surface area contributed by atoms with Gasteiger partial charge in [0.1, 0.15) is 5.82 Å².